The third-order valence-corrected chi connectivity index (χ3v) is 4.70. The molecule has 0 radical (unpaired) electrons. The molecular formula is C22H21N. The molecule has 0 amide bonds. The molecule has 0 unspecified atom stereocenters. The monoisotopic (exact) mass is 299 g/mol. The Hall–Kier alpha value is -2.54. The second kappa shape index (κ2) is 5.27. The number of fused-ring (bicyclic) bond motifs is 3. The molecule has 3 aromatic carbocycles. The van der Waals surface area contributed by atoms with E-state index in [0.29, 0.717) is 5.92 Å². The van der Waals surface area contributed by atoms with Crippen LogP contribution in [-0.2, 0) is 0 Å². The average Bonchev–Trinajstić information content (AvgIpc) is 2.88. The number of benzene rings is 3. The summed E-state index contributed by atoms with van der Waals surface area (Å²) in [5.74, 6) is 0.540. The smallest absolute Gasteiger partial charge is 0.0543 e. The van der Waals surface area contributed by atoms with Gasteiger partial charge < -0.3 is 4.57 Å². The molecule has 114 valence electrons. The highest BCUT2D eigenvalue weighted by Crippen LogP contribution is 2.35. The molecule has 1 nitrogen and oxygen atoms in total. The molecule has 0 fully saturated rings. The molecule has 1 aromatic heterocycles. The summed E-state index contributed by atoms with van der Waals surface area (Å²) >= 11 is 0. The minimum atomic E-state index is 0.540. The Morgan fingerprint density at radius 2 is 1.43 bits per heavy atom. The maximum Gasteiger partial charge on any atom is 0.0543 e. The van der Waals surface area contributed by atoms with E-state index in [2.05, 4.69) is 92.1 Å². The first-order chi connectivity index (χ1) is 11.2. The van der Waals surface area contributed by atoms with Crippen molar-refractivity contribution in [1.82, 2.24) is 4.57 Å². The largest absolute Gasteiger partial charge is 0.309 e. The third kappa shape index (κ3) is 2.16. The van der Waals surface area contributed by atoms with Crippen LogP contribution in [0.3, 0.4) is 0 Å². The second-order valence-corrected chi connectivity index (χ2v) is 6.57. The third-order valence-electron chi connectivity index (χ3n) is 4.70. The Balaban J connectivity index is 2.18. The van der Waals surface area contributed by atoms with Crippen LogP contribution in [0.5, 0.6) is 0 Å². The fourth-order valence-electron chi connectivity index (χ4n) is 3.61. The highest BCUT2D eigenvalue weighted by Gasteiger charge is 2.14. The van der Waals surface area contributed by atoms with Gasteiger partial charge in [0.1, 0.15) is 0 Å². The van der Waals surface area contributed by atoms with E-state index in [0.717, 1.165) is 0 Å². The molecule has 1 heteroatoms. The molecule has 0 N–H and O–H groups in total. The van der Waals surface area contributed by atoms with Crippen molar-refractivity contribution in [2.24, 2.45) is 0 Å². The van der Waals surface area contributed by atoms with Crippen molar-refractivity contribution in [2.45, 2.75) is 26.7 Å². The van der Waals surface area contributed by atoms with E-state index in [-0.39, 0.29) is 0 Å². The molecule has 0 atom stereocenters. The number of nitrogens with zero attached hydrogens (tertiary/aromatic N) is 1. The Morgan fingerprint density at radius 1 is 0.739 bits per heavy atom. The predicted octanol–water partition coefficient (Wildman–Crippen LogP) is 6.22. The van der Waals surface area contributed by atoms with Gasteiger partial charge in [-0.1, -0.05) is 50.2 Å². The zero-order chi connectivity index (χ0) is 16.0. The van der Waals surface area contributed by atoms with Crippen LogP contribution >= 0.6 is 0 Å². The van der Waals surface area contributed by atoms with E-state index in [9.17, 15) is 0 Å². The topological polar surface area (TPSA) is 4.93 Å². The van der Waals surface area contributed by atoms with Crippen molar-refractivity contribution in [3.05, 3.63) is 77.9 Å². The van der Waals surface area contributed by atoms with E-state index < -0.39 is 0 Å². The predicted molar refractivity (Wildman–Crippen MR) is 99.6 cm³/mol. The van der Waals surface area contributed by atoms with Crippen LogP contribution in [0.2, 0.25) is 0 Å². The van der Waals surface area contributed by atoms with Gasteiger partial charge in [0.2, 0.25) is 0 Å². The van der Waals surface area contributed by atoms with E-state index in [1.165, 1.54) is 38.6 Å². The lowest BCUT2D eigenvalue weighted by Crippen LogP contribution is -1.95. The van der Waals surface area contributed by atoms with Crippen LogP contribution in [0.15, 0.2) is 66.7 Å². The Bertz CT molecular complexity index is 991. The molecule has 0 aliphatic rings. The fourth-order valence-corrected chi connectivity index (χ4v) is 3.61. The summed E-state index contributed by atoms with van der Waals surface area (Å²) in [6, 6.07) is 24.1. The highest BCUT2D eigenvalue weighted by atomic mass is 15.0. The summed E-state index contributed by atoms with van der Waals surface area (Å²) in [7, 11) is 0. The molecule has 0 saturated heterocycles. The van der Waals surface area contributed by atoms with Gasteiger partial charge in [-0.2, -0.15) is 0 Å². The fraction of sp³-hybridized carbons (Fsp3) is 0.182. The van der Waals surface area contributed by atoms with Gasteiger partial charge >= 0.3 is 0 Å². The first-order valence-corrected chi connectivity index (χ1v) is 8.26. The van der Waals surface area contributed by atoms with Crippen molar-refractivity contribution in [1.29, 1.82) is 0 Å². The summed E-state index contributed by atoms with van der Waals surface area (Å²) in [5, 5.41) is 2.67. The second-order valence-electron chi connectivity index (χ2n) is 6.57. The number of aromatic nitrogens is 1. The summed E-state index contributed by atoms with van der Waals surface area (Å²) < 4.78 is 2.38. The molecular weight excluding hydrogens is 278 g/mol. The number of hydrogen-bond donors (Lipinski definition) is 0. The summed E-state index contributed by atoms with van der Waals surface area (Å²) in [6.07, 6.45) is 0. The lowest BCUT2D eigenvalue weighted by atomic mass is 9.96. The summed E-state index contributed by atoms with van der Waals surface area (Å²) in [6.45, 7) is 6.76. The molecule has 23 heavy (non-hydrogen) atoms. The molecule has 4 aromatic rings. The summed E-state index contributed by atoms with van der Waals surface area (Å²) in [5.41, 5.74) is 6.59. The molecule has 1 heterocycles. The SMILES string of the molecule is Cc1cc2c(cc1C(C)C)c1ccccc1n2-c1ccccc1. The van der Waals surface area contributed by atoms with Gasteiger partial charge in [0, 0.05) is 16.5 Å². The molecule has 4 rings (SSSR count). The maximum atomic E-state index is 2.39. The Morgan fingerprint density at radius 3 is 2.17 bits per heavy atom. The van der Waals surface area contributed by atoms with Gasteiger partial charge in [0.25, 0.3) is 0 Å². The average molecular weight is 299 g/mol. The zero-order valence-electron chi connectivity index (χ0n) is 13.9. The standard InChI is InChI=1S/C22H21N/c1-15(2)19-14-20-18-11-7-8-12-21(18)23(22(20)13-16(19)3)17-9-5-4-6-10-17/h4-15H,1-3H3. The highest BCUT2D eigenvalue weighted by molar-refractivity contribution is 6.09. The molecule has 0 bridgehead atoms. The zero-order valence-corrected chi connectivity index (χ0v) is 13.9. The van der Waals surface area contributed by atoms with Crippen molar-refractivity contribution in [3.63, 3.8) is 0 Å². The lowest BCUT2D eigenvalue weighted by Gasteiger charge is -2.12. The van der Waals surface area contributed by atoms with Crippen molar-refractivity contribution < 1.29 is 0 Å². The Kier molecular flexibility index (Phi) is 3.23. The number of hydrogen-bond acceptors (Lipinski definition) is 0. The van der Waals surface area contributed by atoms with E-state index >= 15 is 0 Å². The van der Waals surface area contributed by atoms with Gasteiger partial charge in [-0.25, -0.2) is 0 Å². The van der Waals surface area contributed by atoms with Crippen LogP contribution < -0.4 is 0 Å². The first-order valence-electron chi connectivity index (χ1n) is 8.26. The molecule has 0 spiro atoms. The maximum absolute atomic E-state index is 2.39. The van der Waals surface area contributed by atoms with Gasteiger partial charge in [-0.05, 0) is 54.3 Å². The van der Waals surface area contributed by atoms with Crippen molar-refractivity contribution >= 4 is 21.8 Å². The first kappa shape index (κ1) is 14.1. The van der Waals surface area contributed by atoms with Crippen LogP contribution in [0.25, 0.3) is 27.5 Å². The summed E-state index contributed by atoms with van der Waals surface area (Å²) in [4.78, 5) is 0. The van der Waals surface area contributed by atoms with E-state index in [1.54, 1.807) is 0 Å². The van der Waals surface area contributed by atoms with E-state index in [1.807, 2.05) is 0 Å². The van der Waals surface area contributed by atoms with Crippen LogP contribution in [0.4, 0.5) is 0 Å². The number of para-hydroxylation sites is 2. The molecule has 0 saturated carbocycles. The van der Waals surface area contributed by atoms with Crippen molar-refractivity contribution in [3.8, 4) is 5.69 Å². The van der Waals surface area contributed by atoms with Crippen molar-refractivity contribution in [2.75, 3.05) is 0 Å². The van der Waals surface area contributed by atoms with Gasteiger partial charge in [-0.3, -0.25) is 0 Å². The van der Waals surface area contributed by atoms with E-state index in [4.69, 9.17) is 0 Å². The van der Waals surface area contributed by atoms with Gasteiger partial charge in [0.15, 0.2) is 0 Å². The molecule has 0 aliphatic carbocycles. The Labute approximate surface area is 137 Å². The van der Waals surface area contributed by atoms with Crippen LogP contribution in [-0.4, -0.2) is 4.57 Å². The minimum absolute atomic E-state index is 0.540. The molecule has 0 aliphatic heterocycles. The minimum Gasteiger partial charge on any atom is -0.309 e. The van der Waals surface area contributed by atoms with Crippen LogP contribution in [0, 0.1) is 6.92 Å². The van der Waals surface area contributed by atoms with Gasteiger partial charge in [-0.15, -0.1) is 0 Å². The van der Waals surface area contributed by atoms with Gasteiger partial charge in [0.05, 0.1) is 11.0 Å². The lowest BCUT2D eigenvalue weighted by molar-refractivity contribution is 0.858. The normalized spacial score (nSPS) is 11.7. The quantitative estimate of drug-likeness (QED) is 0.414. The van der Waals surface area contributed by atoms with Crippen LogP contribution in [0.1, 0.15) is 30.9 Å². The number of rotatable bonds is 2. The number of aryl methyl sites for hydroxylation is 1.